The quantitative estimate of drug-likeness (QED) is 0.401. The van der Waals surface area contributed by atoms with Crippen molar-refractivity contribution in [3.63, 3.8) is 0 Å². The Morgan fingerprint density at radius 1 is 1.09 bits per heavy atom. The van der Waals surface area contributed by atoms with E-state index in [1.54, 1.807) is 20.3 Å². The van der Waals surface area contributed by atoms with Gasteiger partial charge in [-0.2, -0.15) is 5.10 Å². The number of carbonyl (C=O) groups is 1. The molecule has 0 saturated heterocycles. The lowest BCUT2D eigenvalue weighted by molar-refractivity contribution is 0.102. The number of nitrogens with one attached hydrogen (secondary N) is 2. The second kappa shape index (κ2) is 9.68. The van der Waals surface area contributed by atoms with Gasteiger partial charge in [0.15, 0.2) is 23.0 Å². The maximum Gasteiger partial charge on any atom is 0.276 e. The average molecular weight is 473 g/mol. The third-order valence-electron chi connectivity index (χ3n) is 6.27. The van der Waals surface area contributed by atoms with Crippen LogP contribution in [0.3, 0.4) is 0 Å². The molecular weight excluding hydrogens is 444 g/mol. The molecule has 0 saturated carbocycles. The second-order valence-corrected chi connectivity index (χ2v) is 8.62. The molecule has 8 nitrogen and oxygen atoms in total. The lowest BCUT2D eigenvalue weighted by Gasteiger charge is -2.30. The van der Waals surface area contributed by atoms with E-state index in [-0.39, 0.29) is 5.91 Å². The number of rotatable bonds is 7. The standard InChI is InChI=1S/C27H28N4O4/c1-17-8-9-24(35-17)22-14-23(30-29-22)27(32)28-21-7-5-4-6-19(21)15-31-11-10-18-12-25(33-2)26(34-3)13-20(18)16-31/h4-9,12-14H,10-11,15-16H2,1-3H3,(H,28,32)(H,29,30). The van der Waals surface area contributed by atoms with Crippen molar-refractivity contribution in [3.05, 3.63) is 82.7 Å². The smallest absolute Gasteiger partial charge is 0.276 e. The summed E-state index contributed by atoms with van der Waals surface area (Å²) >= 11 is 0. The van der Waals surface area contributed by atoms with Crippen LogP contribution in [0.2, 0.25) is 0 Å². The van der Waals surface area contributed by atoms with E-state index in [1.165, 1.54) is 11.1 Å². The highest BCUT2D eigenvalue weighted by molar-refractivity contribution is 6.03. The lowest BCUT2D eigenvalue weighted by atomic mass is 9.98. The van der Waals surface area contributed by atoms with Gasteiger partial charge in [0.05, 0.1) is 14.2 Å². The van der Waals surface area contributed by atoms with Crippen LogP contribution in [0.5, 0.6) is 11.5 Å². The highest BCUT2D eigenvalue weighted by Crippen LogP contribution is 2.34. The van der Waals surface area contributed by atoms with E-state index < -0.39 is 0 Å². The number of furan rings is 1. The molecule has 0 unspecified atom stereocenters. The monoisotopic (exact) mass is 472 g/mol. The highest BCUT2D eigenvalue weighted by Gasteiger charge is 2.21. The van der Waals surface area contributed by atoms with E-state index in [9.17, 15) is 4.79 Å². The SMILES string of the molecule is COc1cc2c(cc1OC)CN(Cc1ccccc1NC(=O)c1cc(-c3ccc(C)o3)[nH]n1)CC2. The zero-order valence-corrected chi connectivity index (χ0v) is 20.1. The Bertz CT molecular complexity index is 1360. The fourth-order valence-corrected chi connectivity index (χ4v) is 4.43. The summed E-state index contributed by atoms with van der Waals surface area (Å²) < 4.78 is 16.6. The first kappa shape index (κ1) is 22.7. The van der Waals surface area contributed by atoms with Gasteiger partial charge in [-0.3, -0.25) is 14.8 Å². The first-order chi connectivity index (χ1) is 17.0. The molecule has 1 aliphatic heterocycles. The minimum Gasteiger partial charge on any atom is -0.493 e. The number of anilines is 1. The number of aromatic nitrogens is 2. The van der Waals surface area contributed by atoms with Crippen LogP contribution in [0.15, 0.2) is 59.0 Å². The molecule has 5 rings (SSSR count). The molecule has 180 valence electrons. The number of hydrogen-bond acceptors (Lipinski definition) is 6. The maximum absolute atomic E-state index is 12.9. The van der Waals surface area contributed by atoms with Gasteiger partial charge in [0.2, 0.25) is 0 Å². The first-order valence-corrected chi connectivity index (χ1v) is 11.5. The van der Waals surface area contributed by atoms with Crippen molar-refractivity contribution in [1.29, 1.82) is 0 Å². The molecule has 35 heavy (non-hydrogen) atoms. The van der Waals surface area contributed by atoms with E-state index >= 15 is 0 Å². The number of methoxy groups -OCH3 is 2. The van der Waals surface area contributed by atoms with Crippen LogP contribution in [0.4, 0.5) is 5.69 Å². The van der Waals surface area contributed by atoms with Gasteiger partial charge in [-0.25, -0.2) is 0 Å². The zero-order valence-electron chi connectivity index (χ0n) is 20.1. The van der Waals surface area contributed by atoms with Crippen LogP contribution in [0.25, 0.3) is 11.5 Å². The number of benzene rings is 2. The fraction of sp³-hybridized carbons (Fsp3) is 0.259. The van der Waals surface area contributed by atoms with E-state index in [2.05, 4.69) is 32.5 Å². The number of amides is 1. The highest BCUT2D eigenvalue weighted by atomic mass is 16.5. The number of aryl methyl sites for hydroxylation is 1. The predicted octanol–water partition coefficient (Wildman–Crippen LogP) is 4.81. The molecule has 0 atom stereocenters. The third kappa shape index (κ3) is 4.79. The first-order valence-electron chi connectivity index (χ1n) is 11.5. The molecule has 0 spiro atoms. The normalized spacial score (nSPS) is 13.3. The van der Waals surface area contributed by atoms with Crippen LogP contribution in [-0.4, -0.2) is 41.8 Å². The number of H-pyrrole nitrogens is 1. The molecular formula is C27H28N4O4. The van der Waals surface area contributed by atoms with Crippen LogP contribution < -0.4 is 14.8 Å². The lowest BCUT2D eigenvalue weighted by Crippen LogP contribution is -2.30. The Hall–Kier alpha value is -4.04. The minimum absolute atomic E-state index is 0.274. The summed E-state index contributed by atoms with van der Waals surface area (Å²) in [6.45, 7) is 4.29. The van der Waals surface area contributed by atoms with Gasteiger partial charge in [-0.1, -0.05) is 18.2 Å². The minimum atomic E-state index is -0.274. The molecule has 0 bridgehead atoms. The van der Waals surface area contributed by atoms with Crippen LogP contribution in [0, 0.1) is 6.92 Å². The molecule has 3 heterocycles. The van der Waals surface area contributed by atoms with Gasteiger partial charge >= 0.3 is 0 Å². The molecule has 0 aliphatic carbocycles. The van der Waals surface area contributed by atoms with E-state index in [4.69, 9.17) is 13.9 Å². The van der Waals surface area contributed by atoms with Crippen molar-refractivity contribution < 1.29 is 18.7 Å². The summed E-state index contributed by atoms with van der Waals surface area (Å²) in [5.41, 5.74) is 5.29. The molecule has 4 aromatic rings. The van der Waals surface area contributed by atoms with Crippen LogP contribution in [-0.2, 0) is 19.5 Å². The fourth-order valence-electron chi connectivity index (χ4n) is 4.43. The average Bonchev–Trinajstić information content (AvgIpc) is 3.53. The van der Waals surface area contributed by atoms with Crippen molar-refractivity contribution >= 4 is 11.6 Å². The molecule has 1 aliphatic rings. The van der Waals surface area contributed by atoms with Crippen molar-refractivity contribution in [2.75, 3.05) is 26.1 Å². The Balaban J connectivity index is 1.29. The number of hydrogen-bond donors (Lipinski definition) is 2. The number of fused-ring (bicyclic) bond motifs is 1. The van der Waals surface area contributed by atoms with Gasteiger partial charge in [-0.15, -0.1) is 0 Å². The zero-order chi connectivity index (χ0) is 24.4. The van der Waals surface area contributed by atoms with Crippen molar-refractivity contribution in [2.45, 2.75) is 26.4 Å². The molecule has 2 aromatic heterocycles. The third-order valence-corrected chi connectivity index (χ3v) is 6.27. The van der Waals surface area contributed by atoms with Gasteiger partial charge in [0.1, 0.15) is 11.5 Å². The summed E-state index contributed by atoms with van der Waals surface area (Å²) in [7, 11) is 3.31. The maximum atomic E-state index is 12.9. The van der Waals surface area contributed by atoms with Crippen molar-refractivity contribution in [2.24, 2.45) is 0 Å². The summed E-state index contributed by atoms with van der Waals surface area (Å²) in [5, 5.41) is 10.1. The summed E-state index contributed by atoms with van der Waals surface area (Å²) in [4.78, 5) is 15.3. The number of aromatic amines is 1. The number of ether oxygens (including phenoxy) is 2. The van der Waals surface area contributed by atoms with Crippen LogP contribution >= 0.6 is 0 Å². The predicted molar refractivity (Wildman–Crippen MR) is 133 cm³/mol. The van der Waals surface area contributed by atoms with E-state index in [0.717, 1.165) is 48.0 Å². The van der Waals surface area contributed by atoms with Gasteiger partial charge < -0.3 is 19.2 Å². The summed E-state index contributed by atoms with van der Waals surface area (Å²) in [6.07, 6.45) is 0.923. The Kier molecular flexibility index (Phi) is 6.29. The van der Waals surface area contributed by atoms with Gasteiger partial charge in [-0.05, 0) is 60.4 Å². The Morgan fingerprint density at radius 2 is 1.86 bits per heavy atom. The Labute approximate surface area is 203 Å². The summed E-state index contributed by atoms with van der Waals surface area (Å²) in [5.74, 6) is 2.67. The molecule has 0 radical (unpaired) electrons. The number of carbonyl (C=O) groups excluding carboxylic acids is 1. The van der Waals surface area contributed by atoms with Crippen molar-refractivity contribution in [3.8, 4) is 23.0 Å². The largest absolute Gasteiger partial charge is 0.493 e. The van der Waals surface area contributed by atoms with E-state index in [1.807, 2.05) is 43.3 Å². The Morgan fingerprint density at radius 3 is 2.60 bits per heavy atom. The number of nitrogens with zero attached hydrogens (tertiary/aromatic N) is 2. The van der Waals surface area contributed by atoms with Crippen LogP contribution in [0.1, 0.15) is 32.9 Å². The molecule has 2 N–H and O–H groups in total. The molecule has 2 aromatic carbocycles. The topological polar surface area (TPSA) is 92.6 Å². The molecule has 8 heteroatoms. The van der Waals surface area contributed by atoms with Gasteiger partial charge in [0, 0.05) is 31.4 Å². The second-order valence-electron chi connectivity index (χ2n) is 8.62. The summed E-state index contributed by atoms with van der Waals surface area (Å²) in [6, 6.07) is 17.4. The number of para-hydroxylation sites is 1. The molecule has 1 amide bonds. The van der Waals surface area contributed by atoms with Crippen molar-refractivity contribution in [1.82, 2.24) is 15.1 Å². The van der Waals surface area contributed by atoms with Gasteiger partial charge in [0.25, 0.3) is 5.91 Å². The molecule has 0 fully saturated rings. The van der Waals surface area contributed by atoms with E-state index in [0.29, 0.717) is 23.7 Å².